The molecular weight excluding hydrogens is 276 g/mol. The summed E-state index contributed by atoms with van der Waals surface area (Å²) in [6.45, 7) is 4.98. The maximum atomic E-state index is 11.4. The summed E-state index contributed by atoms with van der Waals surface area (Å²) in [6.07, 6.45) is 17.2. The van der Waals surface area contributed by atoms with E-state index in [0.717, 1.165) is 26.4 Å². The van der Waals surface area contributed by atoms with Crippen molar-refractivity contribution in [1.82, 2.24) is 0 Å². The fraction of sp³-hybridized carbons (Fsp3) is 0.947. The maximum absolute atomic E-state index is 11.4. The van der Waals surface area contributed by atoms with Crippen molar-refractivity contribution in [2.45, 2.75) is 104 Å². The Morgan fingerprint density at radius 1 is 0.682 bits per heavy atom. The summed E-state index contributed by atoms with van der Waals surface area (Å²) in [5.41, 5.74) is 0. The van der Waals surface area contributed by atoms with Gasteiger partial charge in [-0.3, -0.25) is 4.79 Å². The number of carbonyl (C=O) groups is 1. The number of ether oxygens (including phenoxy) is 1. The zero-order valence-electron chi connectivity index (χ0n) is 15.4. The molecular formula is C19H40O3. The molecule has 0 aliphatic rings. The van der Waals surface area contributed by atoms with Gasteiger partial charge in [0.05, 0.1) is 6.61 Å². The molecule has 3 nitrogen and oxygen atoms in total. The number of hydrogen-bond donors (Lipinski definition) is 1. The monoisotopic (exact) mass is 316 g/mol. The predicted molar refractivity (Wildman–Crippen MR) is 95.1 cm³/mol. The van der Waals surface area contributed by atoms with Gasteiger partial charge in [0.2, 0.25) is 0 Å². The van der Waals surface area contributed by atoms with Gasteiger partial charge in [-0.2, -0.15) is 0 Å². The van der Waals surface area contributed by atoms with Gasteiger partial charge < -0.3 is 9.84 Å². The van der Waals surface area contributed by atoms with E-state index in [0.29, 0.717) is 13.0 Å². The number of hydrogen-bond acceptors (Lipinski definition) is 3. The molecule has 0 unspecified atom stereocenters. The first-order valence-corrected chi connectivity index (χ1v) is 9.41. The van der Waals surface area contributed by atoms with Crippen molar-refractivity contribution in [3.63, 3.8) is 0 Å². The summed E-state index contributed by atoms with van der Waals surface area (Å²) in [4.78, 5) is 11.4. The van der Waals surface area contributed by atoms with Gasteiger partial charge in [-0.15, -0.1) is 0 Å². The SMILES string of the molecule is CCCCCCCCCCCCCC(=O)OCCCC.CO. The number of carbonyl (C=O) groups excluding carboxylic acids is 1. The lowest BCUT2D eigenvalue weighted by Gasteiger charge is -2.04. The molecule has 0 saturated heterocycles. The van der Waals surface area contributed by atoms with Crippen LogP contribution in [0.5, 0.6) is 0 Å². The van der Waals surface area contributed by atoms with Crippen molar-refractivity contribution < 1.29 is 14.6 Å². The average Bonchev–Trinajstić information content (AvgIpc) is 2.55. The molecule has 1 N–H and O–H groups in total. The minimum absolute atomic E-state index is 0.00521. The average molecular weight is 317 g/mol. The summed E-state index contributed by atoms with van der Waals surface area (Å²) in [5, 5.41) is 7.00. The number of aliphatic hydroxyl groups is 1. The van der Waals surface area contributed by atoms with E-state index >= 15 is 0 Å². The zero-order chi connectivity index (χ0) is 16.9. The standard InChI is InChI=1S/C18H36O2.CH4O/c1-3-5-7-8-9-10-11-12-13-14-15-16-18(19)20-17-6-4-2;1-2/h3-17H2,1-2H3;2H,1H3. The zero-order valence-corrected chi connectivity index (χ0v) is 15.4. The number of esters is 1. The van der Waals surface area contributed by atoms with Crippen LogP contribution in [0, 0.1) is 0 Å². The highest BCUT2D eigenvalue weighted by atomic mass is 16.5. The molecule has 0 aliphatic heterocycles. The van der Waals surface area contributed by atoms with E-state index in [1.54, 1.807) is 0 Å². The molecule has 22 heavy (non-hydrogen) atoms. The number of rotatable bonds is 15. The van der Waals surface area contributed by atoms with Crippen molar-refractivity contribution in [1.29, 1.82) is 0 Å². The van der Waals surface area contributed by atoms with Gasteiger partial charge in [-0.1, -0.05) is 84.5 Å². The third-order valence-electron chi connectivity index (χ3n) is 3.75. The summed E-state index contributed by atoms with van der Waals surface area (Å²) >= 11 is 0. The molecule has 0 aromatic carbocycles. The Balaban J connectivity index is 0. The third kappa shape index (κ3) is 21.7. The van der Waals surface area contributed by atoms with Gasteiger partial charge in [0.1, 0.15) is 0 Å². The van der Waals surface area contributed by atoms with Crippen LogP contribution in [0.3, 0.4) is 0 Å². The van der Waals surface area contributed by atoms with Crippen LogP contribution in [0.1, 0.15) is 104 Å². The second-order valence-corrected chi connectivity index (χ2v) is 5.86. The lowest BCUT2D eigenvalue weighted by molar-refractivity contribution is -0.143. The first-order chi connectivity index (χ1) is 10.8. The van der Waals surface area contributed by atoms with E-state index in [1.807, 2.05) is 0 Å². The van der Waals surface area contributed by atoms with Crippen LogP contribution in [0.25, 0.3) is 0 Å². The molecule has 3 heteroatoms. The number of aliphatic hydroxyl groups excluding tert-OH is 1. The molecule has 0 rings (SSSR count). The van der Waals surface area contributed by atoms with E-state index in [-0.39, 0.29) is 5.97 Å². The molecule has 0 aromatic heterocycles. The Kier molecular flexibility index (Phi) is 24.5. The summed E-state index contributed by atoms with van der Waals surface area (Å²) in [5.74, 6) is -0.00521. The topological polar surface area (TPSA) is 46.5 Å². The van der Waals surface area contributed by atoms with Crippen molar-refractivity contribution in [3.8, 4) is 0 Å². The van der Waals surface area contributed by atoms with Crippen molar-refractivity contribution in [2.75, 3.05) is 13.7 Å². The first kappa shape index (κ1) is 23.7. The van der Waals surface area contributed by atoms with Crippen LogP contribution in [-0.2, 0) is 9.53 Å². The second-order valence-electron chi connectivity index (χ2n) is 5.86. The van der Waals surface area contributed by atoms with Crippen LogP contribution in [0.2, 0.25) is 0 Å². The smallest absolute Gasteiger partial charge is 0.305 e. The van der Waals surface area contributed by atoms with Crippen LogP contribution in [0.15, 0.2) is 0 Å². The van der Waals surface area contributed by atoms with E-state index in [9.17, 15) is 4.79 Å². The fourth-order valence-electron chi connectivity index (χ4n) is 2.34. The normalized spacial score (nSPS) is 10.0. The molecule has 0 saturated carbocycles. The quantitative estimate of drug-likeness (QED) is 0.314. The van der Waals surface area contributed by atoms with Crippen LogP contribution < -0.4 is 0 Å². The molecule has 0 aromatic rings. The maximum Gasteiger partial charge on any atom is 0.305 e. The Bertz CT molecular complexity index is 205. The van der Waals surface area contributed by atoms with Crippen molar-refractivity contribution >= 4 is 5.97 Å². The van der Waals surface area contributed by atoms with Gasteiger partial charge in [-0.25, -0.2) is 0 Å². The summed E-state index contributed by atoms with van der Waals surface area (Å²) in [6, 6.07) is 0. The Morgan fingerprint density at radius 3 is 1.55 bits per heavy atom. The predicted octanol–water partition coefficient (Wildman–Crippen LogP) is 5.64. The molecule has 0 aliphatic carbocycles. The van der Waals surface area contributed by atoms with Crippen molar-refractivity contribution in [3.05, 3.63) is 0 Å². The minimum Gasteiger partial charge on any atom is -0.466 e. The Labute approximate surface area is 138 Å². The highest BCUT2D eigenvalue weighted by Crippen LogP contribution is 2.12. The van der Waals surface area contributed by atoms with Gasteiger partial charge in [0, 0.05) is 13.5 Å². The third-order valence-corrected chi connectivity index (χ3v) is 3.75. The van der Waals surface area contributed by atoms with Gasteiger partial charge >= 0.3 is 5.97 Å². The van der Waals surface area contributed by atoms with Crippen LogP contribution >= 0.6 is 0 Å². The lowest BCUT2D eigenvalue weighted by Crippen LogP contribution is -2.05. The van der Waals surface area contributed by atoms with Gasteiger partial charge in [-0.05, 0) is 12.8 Å². The van der Waals surface area contributed by atoms with Crippen LogP contribution in [0.4, 0.5) is 0 Å². The Morgan fingerprint density at radius 2 is 1.09 bits per heavy atom. The molecule has 0 radical (unpaired) electrons. The van der Waals surface area contributed by atoms with Gasteiger partial charge in [0.25, 0.3) is 0 Å². The highest BCUT2D eigenvalue weighted by molar-refractivity contribution is 5.69. The molecule has 0 heterocycles. The van der Waals surface area contributed by atoms with E-state index in [2.05, 4.69) is 13.8 Å². The Hall–Kier alpha value is -0.570. The van der Waals surface area contributed by atoms with E-state index < -0.39 is 0 Å². The molecule has 134 valence electrons. The molecule has 0 fully saturated rings. The summed E-state index contributed by atoms with van der Waals surface area (Å²) in [7, 11) is 1.00. The van der Waals surface area contributed by atoms with Gasteiger partial charge in [0.15, 0.2) is 0 Å². The molecule has 0 atom stereocenters. The molecule has 0 spiro atoms. The molecule has 0 amide bonds. The minimum atomic E-state index is -0.00521. The van der Waals surface area contributed by atoms with Crippen molar-refractivity contribution in [2.24, 2.45) is 0 Å². The summed E-state index contributed by atoms with van der Waals surface area (Å²) < 4.78 is 5.14. The fourth-order valence-corrected chi connectivity index (χ4v) is 2.34. The highest BCUT2D eigenvalue weighted by Gasteiger charge is 2.01. The van der Waals surface area contributed by atoms with Crippen LogP contribution in [-0.4, -0.2) is 24.8 Å². The molecule has 0 bridgehead atoms. The lowest BCUT2D eigenvalue weighted by atomic mass is 10.1. The van der Waals surface area contributed by atoms with E-state index in [4.69, 9.17) is 9.84 Å². The largest absolute Gasteiger partial charge is 0.466 e. The first-order valence-electron chi connectivity index (χ1n) is 9.41. The number of unbranched alkanes of at least 4 members (excludes halogenated alkanes) is 11. The second kappa shape index (κ2) is 22.7. The van der Waals surface area contributed by atoms with E-state index in [1.165, 1.54) is 64.2 Å².